The molecule has 0 unspecified atom stereocenters. The van der Waals surface area contributed by atoms with Crippen LogP contribution in [0.3, 0.4) is 0 Å². The molecule has 13 nitrogen and oxygen atoms in total. The summed E-state index contributed by atoms with van der Waals surface area (Å²) in [6, 6.07) is 25.6. The Morgan fingerprint density at radius 2 is 1.61 bits per heavy atom. The summed E-state index contributed by atoms with van der Waals surface area (Å²) in [5.41, 5.74) is 3.92. The highest BCUT2D eigenvalue weighted by Crippen LogP contribution is 2.29. The topological polar surface area (TPSA) is 170 Å². The number of benzene rings is 4. The number of carbonyl (C=O) groups excluding carboxylic acids is 2. The second kappa shape index (κ2) is 15.3. The lowest BCUT2D eigenvalue weighted by Crippen LogP contribution is -2.39. The molecule has 0 aliphatic carbocycles. The van der Waals surface area contributed by atoms with Gasteiger partial charge in [-0.15, -0.1) is 0 Å². The van der Waals surface area contributed by atoms with Crippen LogP contribution in [0.15, 0.2) is 107 Å². The number of amides is 2. The van der Waals surface area contributed by atoms with Crippen molar-refractivity contribution >= 4 is 39.4 Å². The van der Waals surface area contributed by atoms with Gasteiger partial charge < -0.3 is 14.8 Å². The van der Waals surface area contributed by atoms with E-state index in [4.69, 9.17) is 9.47 Å². The molecule has 0 bridgehead atoms. The van der Waals surface area contributed by atoms with Crippen molar-refractivity contribution in [2.45, 2.75) is 18.4 Å². The van der Waals surface area contributed by atoms with Gasteiger partial charge in [0.25, 0.3) is 27.5 Å². The zero-order valence-electron chi connectivity index (χ0n) is 25.0. The fourth-order valence-corrected chi connectivity index (χ4v) is 5.57. The fraction of sp³-hybridized carbons (Fsp3) is 0.156. The predicted molar refractivity (Wildman–Crippen MR) is 171 cm³/mol. The van der Waals surface area contributed by atoms with Crippen LogP contribution >= 0.6 is 0 Å². The first-order chi connectivity index (χ1) is 22.1. The smallest absolute Gasteiger partial charge is 0.273 e. The van der Waals surface area contributed by atoms with Crippen molar-refractivity contribution in [3.8, 4) is 11.5 Å². The second-order valence-corrected chi connectivity index (χ2v) is 11.7. The average Bonchev–Trinajstić information content (AvgIpc) is 3.06. The number of hydrogen-bond donors (Lipinski definition) is 2. The first-order valence-electron chi connectivity index (χ1n) is 13.8. The van der Waals surface area contributed by atoms with Crippen molar-refractivity contribution in [3.63, 3.8) is 0 Å². The fourth-order valence-electron chi connectivity index (χ4n) is 4.13. The number of methoxy groups -OCH3 is 1. The van der Waals surface area contributed by atoms with E-state index in [0.29, 0.717) is 23.6 Å². The summed E-state index contributed by atoms with van der Waals surface area (Å²) in [6.07, 6.45) is 1.35. The number of sulfonamides is 1. The lowest BCUT2D eigenvalue weighted by molar-refractivity contribution is -0.385. The first-order valence-corrected chi connectivity index (χ1v) is 15.3. The van der Waals surface area contributed by atoms with Crippen LogP contribution in [0.5, 0.6) is 11.5 Å². The number of carbonyl (C=O) groups is 2. The van der Waals surface area contributed by atoms with Crippen LogP contribution in [0.4, 0.5) is 11.4 Å². The van der Waals surface area contributed by atoms with Gasteiger partial charge in [-0.3, -0.25) is 24.0 Å². The van der Waals surface area contributed by atoms with Crippen LogP contribution in [-0.2, 0) is 26.2 Å². The average molecular weight is 646 g/mol. The summed E-state index contributed by atoms with van der Waals surface area (Å²) >= 11 is 0. The molecule has 0 aromatic heterocycles. The Morgan fingerprint density at radius 1 is 0.935 bits per heavy atom. The summed E-state index contributed by atoms with van der Waals surface area (Å²) in [7, 11) is -2.97. The first kappa shape index (κ1) is 33.1. The monoisotopic (exact) mass is 645 g/mol. The lowest BCUT2D eigenvalue weighted by atomic mass is 10.2. The van der Waals surface area contributed by atoms with E-state index in [9.17, 15) is 28.1 Å². The van der Waals surface area contributed by atoms with Crippen molar-refractivity contribution in [2.24, 2.45) is 5.10 Å². The molecular formula is C32H31N5O8S. The number of rotatable bonds is 14. The Morgan fingerprint density at radius 3 is 2.26 bits per heavy atom. The molecule has 238 valence electrons. The van der Waals surface area contributed by atoms with E-state index in [2.05, 4.69) is 15.8 Å². The van der Waals surface area contributed by atoms with Gasteiger partial charge in [-0.05, 0) is 72.6 Å². The largest absolute Gasteiger partial charge is 0.497 e. The Balaban J connectivity index is 1.38. The number of anilines is 1. The molecule has 0 heterocycles. The van der Waals surface area contributed by atoms with Crippen molar-refractivity contribution in [3.05, 3.63) is 124 Å². The van der Waals surface area contributed by atoms with Crippen LogP contribution in [0.1, 0.15) is 16.7 Å². The second-order valence-electron chi connectivity index (χ2n) is 9.83. The zero-order valence-corrected chi connectivity index (χ0v) is 25.8. The molecule has 0 saturated carbocycles. The minimum Gasteiger partial charge on any atom is -0.497 e. The maximum Gasteiger partial charge on any atom is 0.273 e. The number of nitrogens with zero attached hydrogens (tertiary/aromatic N) is 3. The van der Waals surface area contributed by atoms with Gasteiger partial charge in [0, 0.05) is 18.2 Å². The zero-order chi connectivity index (χ0) is 33.1. The SMILES string of the molecule is COc1ccc(N(CC(=O)N/N=C\c2ccc(OCC(=O)NCc3ccccc3)cc2)S(=O)(=O)c2ccc(C)c([N+](=O)[O-])c2)cc1. The lowest BCUT2D eigenvalue weighted by Gasteiger charge is -2.24. The van der Waals surface area contributed by atoms with E-state index in [-0.39, 0.29) is 34.3 Å². The molecule has 46 heavy (non-hydrogen) atoms. The van der Waals surface area contributed by atoms with Crippen molar-refractivity contribution in [1.29, 1.82) is 0 Å². The summed E-state index contributed by atoms with van der Waals surface area (Å²) in [5, 5.41) is 18.1. The minimum absolute atomic E-state index is 0.132. The quantitative estimate of drug-likeness (QED) is 0.118. The Hall–Kier alpha value is -5.76. The number of hydrogen-bond acceptors (Lipinski definition) is 9. The molecule has 0 fully saturated rings. The highest BCUT2D eigenvalue weighted by molar-refractivity contribution is 7.92. The number of ether oxygens (including phenoxy) is 2. The van der Waals surface area contributed by atoms with Crippen LogP contribution in [0.25, 0.3) is 0 Å². The summed E-state index contributed by atoms with van der Waals surface area (Å²) in [4.78, 5) is 35.4. The molecular weight excluding hydrogens is 614 g/mol. The standard InChI is InChI=1S/C32H31N5O8S/c1-23-8-17-29(18-30(23)37(40)41)46(42,43)36(26-11-15-27(44-2)16-12-26)21-31(38)35-34-20-25-9-13-28(14-10-25)45-22-32(39)33-19-24-6-4-3-5-7-24/h3-18,20H,19,21-22H2,1-2H3,(H,33,39)(H,35,38)/b34-20-. The van der Waals surface area contributed by atoms with E-state index in [0.717, 1.165) is 15.9 Å². The summed E-state index contributed by atoms with van der Waals surface area (Å²) < 4.78 is 38.8. The van der Waals surface area contributed by atoms with E-state index in [1.165, 1.54) is 56.6 Å². The predicted octanol–water partition coefficient (Wildman–Crippen LogP) is 3.95. The van der Waals surface area contributed by atoms with Crippen LogP contribution < -0.4 is 24.5 Å². The maximum atomic E-state index is 13.6. The van der Waals surface area contributed by atoms with E-state index < -0.39 is 27.4 Å². The van der Waals surface area contributed by atoms with Gasteiger partial charge in [-0.1, -0.05) is 36.4 Å². The van der Waals surface area contributed by atoms with Gasteiger partial charge in [-0.25, -0.2) is 13.8 Å². The van der Waals surface area contributed by atoms with Gasteiger partial charge in [-0.2, -0.15) is 5.10 Å². The number of nitrogens with one attached hydrogen (secondary N) is 2. The summed E-state index contributed by atoms with van der Waals surface area (Å²) in [6.45, 7) is 1.05. The van der Waals surface area contributed by atoms with Gasteiger partial charge >= 0.3 is 0 Å². The number of nitro groups is 1. The Labute approximate surface area is 265 Å². The normalized spacial score (nSPS) is 11.1. The van der Waals surface area contributed by atoms with E-state index >= 15 is 0 Å². The molecule has 14 heteroatoms. The third-order valence-electron chi connectivity index (χ3n) is 6.60. The third kappa shape index (κ3) is 8.89. The Kier molecular flexibility index (Phi) is 11.0. The van der Waals surface area contributed by atoms with Crippen molar-refractivity contribution in [1.82, 2.24) is 10.7 Å². The van der Waals surface area contributed by atoms with Gasteiger partial charge in [0.1, 0.15) is 18.0 Å². The van der Waals surface area contributed by atoms with E-state index in [1.54, 1.807) is 24.3 Å². The number of nitro benzene ring substituents is 1. The van der Waals surface area contributed by atoms with Crippen molar-refractivity contribution in [2.75, 3.05) is 24.6 Å². The highest BCUT2D eigenvalue weighted by atomic mass is 32.2. The molecule has 2 N–H and O–H groups in total. The number of hydrazone groups is 1. The molecule has 0 radical (unpaired) electrons. The molecule has 4 rings (SSSR count). The molecule has 4 aromatic rings. The third-order valence-corrected chi connectivity index (χ3v) is 8.37. The molecule has 0 spiro atoms. The minimum atomic E-state index is -4.42. The van der Waals surface area contributed by atoms with Crippen LogP contribution in [0.2, 0.25) is 0 Å². The number of aryl methyl sites for hydroxylation is 1. The molecule has 0 aliphatic rings. The van der Waals surface area contributed by atoms with Crippen molar-refractivity contribution < 1.29 is 32.4 Å². The molecule has 0 atom stereocenters. The molecule has 0 aliphatic heterocycles. The van der Waals surface area contributed by atoms with E-state index in [1.807, 2.05) is 30.3 Å². The van der Waals surface area contributed by atoms with Gasteiger partial charge in [0.2, 0.25) is 0 Å². The Bertz CT molecular complexity index is 1810. The maximum absolute atomic E-state index is 13.6. The molecule has 4 aromatic carbocycles. The highest BCUT2D eigenvalue weighted by Gasteiger charge is 2.29. The molecule has 2 amide bonds. The summed E-state index contributed by atoms with van der Waals surface area (Å²) in [5.74, 6) is -0.126. The van der Waals surface area contributed by atoms with Crippen LogP contribution in [-0.4, -0.2) is 51.6 Å². The van der Waals surface area contributed by atoms with Gasteiger partial charge in [0.05, 0.1) is 28.8 Å². The van der Waals surface area contributed by atoms with Crippen LogP contribution in [0, 0.1) is 17.0 Å². The molecule has 0 saturated heterocycles. The van der Waals surface area contributed by atoms with Gasteiger partial charge in [0.15, 0.2) is 6.61 Å².